The maximum Gasteiger partial charge on any atom is 0.339 e. The Labute approximate surface area is 241 Å². The van der Waals surface area contributed by atoms with Crippen molar-refractivity contribution in [1.29, 1.82) is 0 Å². The molecule has 0 unspecified atom stereocenters. The lowest BCUT2D eigenvalue weighted by molar-refractivity contribution is -0.384. The normalized spacial score (nSPS) is 22.1. The van der Waals surface area contributed by atoms with Crippen molar-refractivity contribution in [2.75, 3.05) is 18.1 Å². The number of esters is 2. The minimum absolute atomic E-state index is 0.124. The largest absolute Gasteiger partial charge is 0.464 e. The fraction of sp³-hybridized carbons (Fsp3) is 0.290. The molecule has 3 aromatic rings. The van der Waals surface area contributed by atoms with Crippen LogP contribution in [0.25, 0.3) is 0 Å². The van der Waals surface area contributed by atoms with E-state index in [4.69, 9.17) is 9.47 Å². The van der Waals surface area contributed by atoms with E-state index in [1.807, 2.05) is 0 Å². The number of fused-ring (bicyclic) bond motifs is 2. The molecule has 42 heavy (non-hydrogen) atoms. The number of rotatable bonds is 7. The zero-order valence-electron chi connectivity index (χ0n) is 23.2. The Morgan fingerprint density at radius 1 is 0.905 bits per heavy atom. The summed E-state index contributed by atoms with van der Waals surface area (Å²) in [5, 5.41) is 14.9. The lowest BCUT2D eigenvalue weighted by atomic mass is 9.58. The van der Waals surface area contributed by atoms with Crippen LogP contribution >= 0.6 is 0 Å². The summed E-state index contributed by atoms with van der Waals surface area (Å²) in [6, 6.07) is 20.0. The van der Waals surface area contributed by atoms with E-state index >= 15 is 0 Å². The zero-order chi connectivity index (χ0) is 30.2. The first-order valence-electron chi connectivity index (χ1n) is 13.5. The maximum absolute atomic E-state index is 14.9. The van der Waals surface area contributed by atoms with Gasteiger partial charge in [0.1, 0.15) is 5.41 Å². The van der Waals surface area contributed by atoms with Crippen LogP contribution in [-0.4, -0.2) is 47.4 Å². The van der Waals surface area contributed by atoms with Gasteiger partial charge in [-0.05, 0) is 36.6 Å². The Hall–Kier alpha value is -4.90. The summed E-state index contributed by atoms with van der Waals surface area (Å²) in [7, 11) is 0. The third-order valence-corrected chi connectivity index (χ3v) is 7.95. The van der Waals surface area contributed by atoms with Gasteiger partial charge in [0.05, 0.1) is 23.8 Å². The summed E-state index contributed by atoms with van der Waals surface area (Å²) in [6.07, 6.45) is 0. The maximum atomic E-state index is 14.9. The van der Waals surface area contributed by atoms with Crippen LogP contribution in [0.4, 0.5) is 11.4 Å². The smallest absolute Gasteiger partial charge is 0.339 e. The SMILES string of the molecule is CCOC(=O)C1(C(=O)OCC)N[C@H](c2cccc([N+](=O)[O-])c2)[C@@H](c2ccccc2)[C@]12C(=O)N(C(C)=O)c1ccccc12. The highest BCUT2D eigenvalue weighted by atomic mass is 16.6. The third kappa shape index (κ3) is 3.92. The number of nitrogens with one attached hydrogen (secondary N) is 1. The Kier molecular flexibility index (Phi) is 7.38. The number of carbonyl (C=O) groups is 4. The summed E-state index contributed by atoms with van der Waals surface area (Å²) in [4.78, 5) is 68.7. The molecule has 1 N–H and O–H groups in total. The van der Waals surface area contributed by atoms with E-state index < -0.39 is 51.6 Å². The number of amides is 2. The minimum Gasteiger partial charge on any atom is -0.464 e. The van der Waals surface area contributed by atoms with Gasteiger partial charge in [-0.2, -0.15) is 0 Å². The number of benzene rings is 3. The summed E-state index contributed by atoms with van der Waals surface area (Å²) >= 11 is 0. The quantitative estimate of drug-likeness (QED) is 0.194. The highest BCUT2D eigenvalue weighted by Gasteiger charge is 2.80. The Balaban J connectivity index is 1.96. The summed E-state index contributed by atoms with van der Waals surface area (Å²) in [5.74, 6) is -4.59. The van der Waals surface area contributed by atoms with Gasteiger partial charge in [0, 0.05) is 31.0 Å². The first-order chi connectivity index (χ1) is 20.2. The number of imide groups is 1. The average molecular weight is 572 g/mol. The second-order valence-electron chi connectivity index (χ2n) is 10.0. The molecule has 3 atom stereocenters. The molecule has 3 aromatic carbocycles. The van der Waals surface area contributed by atoms with E-state index in [2.05, 4.69) is 5.32 Å². The number of nitro groups is 1. The van der Waals surface area contributed by atoms with Crippen LogP contribution in [0.5, 0.6) is 0 Å². The summed E-state index contributed by atoms with van der Waals surface area (Å²) < 4.78 is 11.0. The van der Waals surface area contributed by atoms with Crippen LogP contribution in [-0.2, 0) is 34.1 Å². The number of non-ortho nitro benzene ring substituents is 1. The van der Waals surface area contributed by atoms with E-state index in [0.717, 1.165) is 4.90 Å². The molecule has 2 heterocycles. The van der Waals surface area contributed by atoms with E-state index in [9.17, 15) is 29.3 Å². The predicted molar refractivity (Wildman–Crippen MR) is 150 cm³/mol. The van der Waals surface area contributed by atoms with Gasteiger partial charge >= 0.3 is 11.9 Å². The molecule has 2 aliphatic heterocycles. The van der Waals surface area contributed by atoms with Crippen molar-refractivity contribution < 1.29 is 33.6 Å². The van der Waals surface area contributed by atoms with Crippen LogP contribution in [0.3, 0.4) is 0 Å². The van der Waals surface area contributed by atoms with Crippen molar-refractivity contribution in [3.8, 4) is 0 Å². The lowest BCUT2D eigenvalue weighted by Crippen LogP contribution is -2.70. The van der Waals surface area contributed by atoms with Crippen molar-refractivity contribution in [3.05, 3.63) is 106 Å². The van der Waals surface area contributed by atoms with Crippen molar-refractivity contribution in [1.82, 2.24) is 5.32 Å². The Morgan fingerprint density at radius 2 is 1.50 bits per heavy atom. The zero-order valence-corrected chi connectivity index (χ0v) is 23.2. The first-order valence-corrected chi connectivity index (χ1v) is 13.5. The van der Waals surface area contributed by atoms with Crippen LogP contribution in [0, 0.1) is 10.1 Å². The van der Waals surface area contributed by atoms with E-state index in [1.54, 1.807) is 74.5 Å². The number of para-hydroxylation sites is 1. The van der Waals surface area contributed by atoms with Gasteiger partial charge in [-0.3, -0.25) is 25.0 Å². The van der Waals surface area contributed by atoms with E-state index in [0.29, 0.717) is 11.1 Å². The van der Waals surface area contributed by atoms with Gasteiger partial charge < -0.3 is 9.47 Å². The van der Waals surface area contributed by atoms with Gasteiger partial charge in [0.15, 0.2) is 0 Å². The van der Waals surface area contributed by atoms with Crippen molar-refractivity contribution in [2.45, 2.75) is 43.7 Å². The van der Waals surface area contributed by atoms with Crippen LogP contribution in [0.1, 0.15) is 49.4 Å². The van der Waals surface area contributed by atoms with Crippen LogP contribution < -0.4 is 10.2 Å². The topological polar surface area (TPSA) is 145 Å². The molecule has 2 amide bonds. The Bertz CT molecular complexity index is 1570. The molecule has 0 bridgehead atoms. The molecule has 2 aliphatic rings. The molecule has 11 heteroatoms. The van der Waals surface area contributed by atoms with Gasteiger partial charge in [-0.15, -0.1) is 0 Å². The number of nitro benzene ring substituents is 1. The molecule has 1 fully saturated rings. The highest BCUT2D eigenvalue weighted by molar-refractivity contribution is 6.28. The van der Waals surface area contributed by atoms with Crippen LogP contribution in [0.2, 0.25) is 0 Å². The van der Waals surface area contributed by atoms with Gasteiger partial charge in [0.25, 0.3) is 5.69 Å². The van der Waals surface area contributed by atoms with Crippen LogP contribution in [0.15, 0.2) is 78.9 Å². The van der Waals surface area contributed by atoms with Crippen molar-refractivity contribution in [3.63, 3.8) is 0 Å². The number of nitrogens with zero attached hydrogens (tertiary/aromatic N) is 2. The third-order valence-electron chi connectivity index (χ3n) is 7.95. The molecular formula is C31H29N3O8. The number of hydrogen-bond donors (Lipinski definition) is 1. The van der Waals surface area contributed by atoms with E-state index in [1.165, 1.54) is 25.1 Å². The minimum atomic E-state index is -2.48. The van der Waals surface area contributed by atoms with Gasteiger partial charge in [0.2, 0.25) is 17.4 Å². The number of carbonyl (C=O) groups excluding carboxylic acids is 4. The second-order valence-corrected chi connectivity index (χ2v) is 10.0. The molecule has 0 radical (unpaired) electrons. The van der Waals surface area contributed by atoms with Crippen molar-refractivity contribution in [2.24, 2.45) is 0 Å². The molecule has 0 aromatic heterocycles. The number of ether oxygens (including phenoxy) is 2. The Morgan fingerprint density at radius 3 is 2.10 bits per heavy atom. The second kappa shape index (κ2) is 10.8. The van der Waals surface area contributed by atoms with Gasteiger partial charge in [-0.25, -0.2) is 14.5 Å². The summed E-state index contributed by atoms with van der Waals surface area (Å²) in [5.41, 5.74) is -3.43. The van der Waals surface area contributed by atoms with Gasteiger partial charge in [-0.1, -0.05) is 60.7 Å². The first kappa shape index (κ1) is 28.6. The predicted octanol–water partition coefficient (Wildman–Crippen LogP) is 3.72. The highest BCUT2D eigenvalue weighted by Crippen LogP contribution is 2.64. The monoisotopic (exact) mass is 571 g/mol. The molecule has 5 rings (SSSR count). The molecular weight excluding hydrogens is 542 g/mol. The fourth-order valence-corrected chi connectivity index (χ4v) is 6.50. The molecule has 0 saturated carbocycles. The average Bonchev–Trinajstić information content (AvgIpc) is 3.45. The molecule has 1 spiro atoms. The van der Waals surface area contributed by atoms with Crippen molar-refractivity contribution >= 4 is 35.1 Å². The molecule has 0 aliphatic carbocycles. The fourth-order valence-electron chi connectivity index (χ4n) is 6.50. The molecule has 1 saturated heterocycles. The molecule has 216 valence electrons. The number of hydrogen-bond acceptors (Lipinski definition) is 9. The standard InChI is InChI=1S/C31H29N3O8/c1-4-41-28(37)31(29(38)42-5-2)30(23-16-9-10-17-24(23)33(19(3)35)27(30)36)25(20-12-7-6-8-13-20)26(32-31)21-14-11-15-22(18-21)34(39)40/h6-18,25-26,32H,4-5H2,1-3H3/t25-,26-,30-/m1/s1. The summed E-state index contributed by atoms with van der Waals surface area (Å²) in [6.45, 7) is 4.11. The molecule has 11 nitrogen and oxygen atoms in total. The van der Waals surface area contributed by atoms with E-state index in [-0.39, 0.29) is 30.2 Å². The number of anilines is 1. The lowest BCUT2D eigenvalue weighted by Gasteiger charge is -2.40.